The van der Waals surface area contributed by atoms with E-state index in [1.165, 1.54) is 11.3 Å². The Morgan fingerprint density at radius 3 is 2.77 bits per heavy atom. The summed E-state index contributed by atoms with van der Waals surface area (Å²) in [5.74, 6) is 0.757. The van der Waals surface area contributed by atoms with E-state index < -0.39 is 0 Å². The monoisotopic (exact) mass is 198 g/mol. The molecule has 0 amide bonds. The summed E-state index contributed by atoms with van der Waals surface area (Å²) in [5, 5.41) is 0. The lowest BCUT2D eigenvalue weighted by atomic mass is 10.0. The molecule has 1 heterocycles. The van der Waals surface area contributed by atoms with E-state index in [9.17, 15) is 0 Å². The minimum Gasteiger partial charge on any atom is -0.327 e. The first-order valence-corrected chi connectivity index (χ1v) is 5.69. The van der Waals surface area contributed by atoms with Gasteiger partial charge in [-0.3, -0.25) is 4.98 Å². The molecule has 0 saturated carbocycles. The highest BCUT2D eigenvalue weighted by Gasteiger charge is 2.06. The van der Waals surface area contributed by atoms with Crippen molar-refractivity contribution in [3.8, 4) is 0 Å². The van der Waals surface area contributed by atoms with Crippen LogP contribution in [0.15, 0.2) is 11.7 Å². The first kappa shape index (κ1) is 10.7. The summed E-state index contributed by atoms with van der Waals surface area (Å²) in [7, 11) is 0. The van der Waals surface area contributed by atoms with E-state index >= 15 is 0 Å². The van der Waals surface area contributed by atoms with Gasteiger partial charge in [-0.25, -0.2) is 0 Å². The molecule has 1 aromatic heterocycles. The Kier molecular flexibility index (Phi) is 4.39. The van der Waals surface area contributed by atoms with Crippen LogP contribution in [0.4, 0.5) is 0 Å². The number of hydrogen-bond donors (Lipinski definition) is 1. The minimum absolute atomic E-state index is 0.308. The molecule has 0 fully saturated rings. The SMILES string of the molecule is CC(C)CCC(N)Cc1cncs1. The molecule has 1 unspecified atom stereocenters. The smallest absolute Gasteiger partial charge is 0.0794 e. The maximum Gasteiger partial charge on any atom is 0.0794 e. The van der Waals surface area contributed by atoms with Gasteiger partial charge in [-0.15, -0.1) is 11.3 Å². The standard InChI is InChI=1S/C10H18N2S/c1-8(2)3-4-9(11)5-10-6-12-7-13-10/h6-9H,3-5,11H2,1-2H3. The van der Waals surface area contributed by atoms with Crippen LogP contribution < -0.4 is 5.73 Å². The molecule has 3 heteroatoms. The maximum atomic E-state index is 5.99. The van der Waals surface area contributed by atoms with Crippen LogP contribution in [-0.4, -0.2) is 11.0 Å². The third-order valence-corrected chi connectivity index (χ3v) is 2.86. The van der Waals surface area contributed by atoms with Crippen LogP contribution in [0.5, 0.6) is 0 Å². The van der Waals surface area contributed by atoms with Crippen LogP contribution in [0.2, 0.25) is 0 Å². The Morgan fingerprint density at radius 1 is 1.46 bits per heavy atom. The highest BCUT2D eigenvalue weighted by molar-refractivity contribution is 7.09. The van der Waals surface area contributed by atoms with Crippen molar-refractivity contribution in [3.63, 3.8) is 0 Å². The van der Waals surface area contributed by atoms with Gasteiger partial charge in [-0.1, -0.05) is 13.8 Å². The van der Waals surface area contributed by atoms with Crippen LogP contribution in [0.25, 0.3) is 0 Å². The molecular formula is C10H18N2S. The zero-order valence-electron chi connectivity index (χ0n) is 8.36. The molecule has 74 valence electrons. The fraction of sp³-hybridized carbons (Fsp3) is 0.700. The van der Waals surface area contributed by atoms with Crippen LogP contribution in [-0.2, 0) is 6.42 Å². The van der Waals surface area contributed by atoms with Gasteiger partial charge in [-0.05, 0) is 25.2 Å². The lowest BCUT2D eigenvalue weighted by molar-refractivity contribution is 0.496. The lowest BCUT2D eigenvalue weighted by Gasteiger charge is -2.11. The van der Waals surface area contributed by atoms with Crippen molar-refractivity contribution in [1.82, 2.24) is 4.98 Å². The number of nitrogens with two attached hydrogens (primary N) is 1. The van der Waals surface area contributed by atoms with Crippen molar-refractivity contribution in [1.29, 1.82) is 0 Å². The van der Waals surface area contributed by atoms with Crippen molar-refractivity contribution in [2.45, 2.75) is 39.2 Å². The maximum absolute atomic E-state index is 5.99. The molecule has 2 nitrogen and oxygen atoms in total. The zero-order valence-corrected chi connectivity index (χ0v) is 9.18. The Hall–Kier alpha value is -0.410. The van der Waals surface area contributed by atoms with Gasteiger partial charge in [0.2, 0.25) is 0 Å². The summed E-state index contributed by atoms with van der Waals surface area (Å²) >= 11 is 1.69. The van der Waals surface area contributed by atoms with E-state index in [2.05, 4.69) is 18.8 Å². The average Bonchev–Trinajstić information content (AvgIpc) is 2.53. The second kappa shape index (κ2) is 5.35. The van der Waals surface area contributed by atoms with Crippen LogP contribution in [0.3, 0.4) is 0 Å². The third-order valence-electron chi connectivity index (χ3n) is 2.06. The molecule has 13 heavy (non-hydrogen) atoms. The van der Waals surface area contributed by atoms with Crippen LogP contribution in [0, 0.1) is 5.92 Å². The second-order valence-corrected chi connectivity index (χ2v) is 4.87. The number of hydrogen-bond acceptors (Lipinski definition) is 3. The van der Waals surface area contributed by atoms with Gasteiger partial charge in [0.05, 0.1) is 5.51 Å². The van der Waals surface area contributed by atoms with Gasteiger partial charge in [-0.2, -0.15) is 0 Å². The van der Waals surface area contributed by atoms with Crippen molar-refractivity contribution < 1.29 is 0 Å². The fourth-order valence-electron chi connectivity index (χ4n) is 1.25. The molecular weight excluding hydrogens is 180 g/mol. The summed E-state index contributed by atoms with van der Waals surface area (Å²) in [5.41, 5.74) is 7.86. The van der Waals surface area contributed by atoms with E-state index in [1.807, 2.05) is 11.7 Å². The third kappa shape index (κ3) is 4.39. The van der Waals surface area contributed by atoms with Crippen molar-refractivity contribution in [2.24, 2.45) is 11.7 Å². The Morgan fingerprint density at radius 2 is 2.23 bits per heavy atom. The summed E-state index contributed by atoms with van der Waals surface area (Å²) in [6, 6.07) is 0.308. The lowest BCUT2D eigenvalue weighted by Crippen LogP contribution is -2.22. The van der Waals surface area contributed by atoms with Gasteiger partial charge in [0.1, 0.15) is 0 Å². The normalized spacial score (nSPS) is 13.5. The highest BCUT2D eigenvalue weighted by atomic mass is 32.1. The molecule has 0 bridgehead atoms. The zero-order chi connectivity index (χ0) is 9.68. The Labute approximate surface area is 84.2 Å². The van der Waals surface area contributed by atoms with Gasteiger partial charge < -0.3 is 5.73 Å². The van der Waals surface area contributed by atoms with E-state index in [4.69, 9.17) is 5.73 Å². The summed E-state index contributed by atoms with van der Waals surface area (Å²) in [4.78, 5) is 5.34. The van der Waals surface area contributed by atoms with E-state index in [-0.39, 0.29) is 0 Å². The van der Waals surface area contributed by atoms with E-state index in [0.717, 1.165) is 18.8 Å². The molecule has 0 aliphatic carbocycles. The highest BCUT2D eigenvalue weighted by Crippen LogP contribution is 2.12. The predicted molar refractivity (Wildman–Crippen MR) is 57.9 cm³/mol. The summed E-state index contributed by atoms with van der Waals surface area (Å²) in [6.07, 6.45) is 5.24. The van der Waals surface area contributed by atoms with E-state index in [1.54, 1.807) is 11.3 Å². The topological polar surface area (TPSA) is 38.9 Å². The number of aromatic nitrogens is 1. The van der Waals surface area contributed by atoms with Crippen molar-refractivity contribution in [3.05, 3.63) is 16.6 Å². The molecule has 1 aromatic rings. The predicted octanol–water partition coefficient (Wildman–Crippen LogP) is 2.45. The quantitative estimate of drug-likeness (QED) is 0.789. The van der Waals surface area contributed by atoms with Gasteiger partial charge in [0.15, 0.2) is 0 Å². The largest absolute Gasteiger partial charge is 0.327 e. The molecule has 1 rings (SSSR count). The summed E-state index contributed by atoms with van der Waals surface area (Å²) in [6.45, 7) is 4.47. The number of rotatable bonds is 5. The minimum atomic E-state index is 0.308. The molecule has 0 radical (unpaired) electrons. The Bertz CT molecular complexity index is 219. The van der Waals surface area contributed by atoms with E-state index in [0.29, 0.717) is 6.04 Å². The second-order valence-electron chi connectivity index (χ2n) is 3.90. The van der Waals surface area contributed by atoms with Gasteiger partial charge in [0.25, 0.3) is 0 Å². The average molecular weight is 198 g/mol. The molecule has 1 atom stereocenters. The number of thiazole rings is 1. The van der Waals surface area contributed by atoms with Crippen molar-refractivity contribution in [2.75, 3.05) is 0 Å². The van der Waals surface area contributed by atoms with Crippen LogP contribution in [0.1, 0.15) is 31.6 Å². The first-order valence-electron chi connectivity index (χ1n) is 4.81. The molecule has 0 aliphatic heterocycles. The number of nitrogens with zero attached hydrogens (tertiary/aromatic N) is 1. The van der Waals surface area contributed by atoms with Crippen molar-refractivity contribution >= 4 is 11.3 Å². The van der Waals surface area contributed by atoms with Gasteiger partial charge >= 0.3 is 0 Å². The molecule has 2 N–H and O–H groups in total. The molecule has 0 saturated heterocycles. The Balaban J connectivity index is 2.22. The van der Waals surface area contributed by atoms with Crippen LogP contribution >= 0.6 is 11.3 Å². The summed E-state index contributed by atoms with van der Waals surface area (Å²) < 4.78 is 0. The molecule has 0 aliphatic rings. The van der Waals surface area contributed by atoms with Gasteiger partial charge in [0, 0.05) is 17.1 Å². The molecule has 0 aromatic carbocycles. The fourth-order valence-corrected chi connectivity index (χ4v) is 1.94. The first-order chi connectivity index (χ1) is 6.18. The molecule has 0 spiro atoms.